The van der Waals surface area contributed by atoms with E-state index in [1.165, 1.54) is 59.8 Å². The molecule has 14 aromatic heterocycles. The molecule has 1 aliphatic rings. The molecular formula is C111H93N11O5S+4. The summed E-state index contributed by atoms with van der Waals surface area (Å²) in [4.78, 5) is 27.6. The monoisotopic (exact) mass is 1690 g/mol. The summed E-state index contributed by atoms with van der Waals surface area (Å²) in [5, 5.41) is 24.8. The number of hydrogen-bond donors (Lipinski definition) is 0. The van der Waals surface area contributed by atoms with Gasteiger partial charge in [-0.15, -0.1) is 0 Å². The van der Waals surface area contributed by atoms with E-state index in [9.17, 15) is 0 Å². The number of furan rings is 5. The van der Waals surface area contributed by atoms with Gasteiger partial charge in [-0.05, 0) is 153 Å². The largest absolute Gasteiger partial charge is 0.437 e. The van der Waals surface area contributed by atoms with Crippen LogP contribution in [0.25, 0.3) is 209 Å². The highest BCUT2D eigenvalue weighted by Crippen LogP contribution is 2.47. The number of rotatable bonds is 5. The summed E-state index contributed by atoms with van der Waals surface area (Å²) in [6, 6.07) is 77.0. The molecule has 0 N–H and O–H groups in total. The van der Waals surface area contributed by atoms with Crippen molar-refractivity contribution in [2.45, 2.75) is 75.3 Å². The Bertz CT molecular complexity index is 8860. The zero-order chi connectivity index (χ0) is 90.3. The van der Waals surface area contributed by atoms with Gasteiger partial charge >= 0.3 is 0 Å². The van der Waals surface area contributed by atoms with Gasteiger partial charge in [-0.25, -0.2) is 38.6 Å². The van der Waals surface area contributed by atoms with Gasteiger partial charge in [0.05, 0.1) is 54.7 Å². The highest BCUT2D eigenvalue weighted by molar-refractivity contribution is 7.12. The molecule has 0 bridgehead atoms. The summed E-state index contributed by atoms with van der Waals surface area (Å²) in [7, 11) is 10.3. The molecule has 24 aromatic rings. The van der Waals surface area contributed by atoms with Crippen molar-refractivity contribution < 1.29 is 44.5 Å². The van der Waals surface area contributed by atoms with E-state index < -0.39 is 6.85 Å². The van der Waals surface area contributed by atoms with Gasteiger partial charge in [-0.2, -0.15) is 4.57 Å². The van der Waals surface area contributed by atoms with Crippen LogP contribution in [0.3, 0.4) is 0 Å². The fourth-order valence-electron chi connectivity index (χ4n) is 18.9. The number of nitrogens with zero attached hydrogens (tertiary/aromatic N) is 11. The van der Waals surface area contributed by atoms with Gasteiger partial charge in [0, 0.05) is 144 Å². The van der Waals surface area contributed by atoms with Crippen LogP contribution < -0.4 is 23.2 Å². The molecule has 1 aliphatic heterocycles. The van der Waals surface area contributed by atoms with E-state index in [4.69, 9.17) is 36.2 Å². The molecule has 17 heteroatoms. The topological polar surface area (TPSA) is 152 Å². The van der Waals surface area contributed by atoms with E-state index in [1.807, 2.05) is 124 Å². The lowest BCUT2D eigenvalue weighted by Crippen LogP contribution is -2.33. The van der Waals surface area contributed by atoms with Gasteiger partial charge in [0.15, 0.2) is 52.7 Å². The highest BCUT2D eigenvalue weighted by atomic mass is 32.1. The summed E-state index contributed by atoms with van der Waals surface area (Å²) < 4.78 is 64.5. The predicted octanol–water partition coefficient (Wildman–Crippen LogP) is 26.0. The first kappa shape index (κ1) is 76.3. The Hall–Kier alpha value is -15.3. The molecule has 0 fully saturated rings. The van der Waals surface area contributed by atoms with E-state index in [-0.39, 0.29) is 6.17 Å². The Kier molecular flexibility index (Phi) is 18.9. The fraction of sp³-hybridized carbons (Fsp3) is 0.144. The number of fused-ring (bicyclic) bond motifs is 25. The normalized spacial score (nSPS) is 13.3. The summed E-state index contributed by atoms with van der Waals surface area (Å²) in [6.45, 7) is 16.5. The smallest absolute Gasteiger partial charge is 0.272 e. The summed E-state index contributed by atoms with van der Waals surface area (Å²) >= 11 is 1.73. The van der Waals surface area contributed by atoms with Crippen molar-refractivity contribution in [2.75, 3.05) is 11.9 Å². The summed E-state index contributed by atoms with van der Waals surface area (Å²) in [5.74, 6) is 0. The first-order valence-electron chi connectivity index (χ1n) is 44.5. The Balaban J connectivity index is 0.0000000991. The molecule has 0 aliphatic carbocycles. The van der Waals surface area contributed by atoms with Crippen LogP contribution in [0.4, 0.5) is 5.69 Å². The molecule has 15 heterocycles. The predicted molar refractivity (Wildman–Crippen MR) is 521 cm³/mol. The van der Waals surface area contributed by atoms with Crippen molar-refractivity contribution >= 4 is 181 Å². The average Bonchev–Trinajstić information content (AvgIpc) is 1.58. The molecule has 25 rings (SSSR count). The molecule has 0 amide bonds. The molecular weight excluding hydrogens is 1600 g/mol. The number of anilines is 1. The minimum atomic E-state index is -2.27. The maximum absolute atomic E-state index is 8.20. The fourth-order valence-corrected chi connectivity index (χ4v) is 19.9. The van der Waals surface area contributed by atoms with E-state index in [1.54, 1.807) is 17.4 Å². The maximum atomic E-state index is 8.20. The number of aromatic nitrogens is 9. The molecule has 0 unspecified atom stereocenters. The summed E-state index contributed by atoms with van der Waals surface area (Å²) in [6.07, 6.45) is 18.3. The Morgan fingerprint density at radius 3 is 1.23 bits per heavy atom. The zero-order valence-electron chi connectivity index (χ0n) is 76.6. The van der Waals surface area contributed by atoms with Crippen LogP contribution in [0.2, 0.25) is 0 Å². The van der Waals surface area contributed by atoms with Crippen LogP contribution in [0.15, 0.2) is 308 Å². The third kappa shape index (κ3) is 13.3. The quantitative estimate of drug-likeness (QED) is 0.151. The molecule has 16 nitrogen and oxygen atoms in total. The van der Waals surface area contributed by atoms with E-state index in [0.717, 1.165) is 160 Å². The number of pyridine rings is 8. The number of aryl methyl sites for hydroxylation is 13. The van der Waals surface area contributed by atoms with Gasteiger partial charge in [0.1, 0.15) is 39.9 Å². The zero-order valence-corrected chi connectivity index (χ0v) is 74.4. The van der Waals surface area contributed by atoms with Crippen molar-refractivity contribution in [1.29, 1.82) is 0 Å². The lowest BCUT2D eigenvalue weighted by Gasteiger charge is -2.28. The third-order valence-electron chi connectivity index (χ3n) is 25.6. The molecule has 0 spiro atoms. The standard InChI is InChI=1S/C24H21N2O.2C23H19N2O.C21H19N3O.C20H15N2OS/c1-14-13-15(2)21-22-18-10-6-5-9-17(18)16(3)25-24(22)27-23(21)20(14)19-11-7-8-12-26(19)4;1-14-11-12-18-21-17-9-5-4-8-16(17)15(2)24-23(21)26-22(18)20(14)19-10-6-7-13-25(19)3;1-14-10-11-25(3)19(12-14)20-15(2)8-9-18-21-17-7-5-4-6-16(17)13-24-23(21)26-22(18)20;1-13-8-9-17-18-16-7-5-4-6-15(16)12-22-21(18)25-20(17)19(13)24-11-10-23(3)14(24)2;1-12-7-8-15-17-14-6-4-3-5-13(14)11-21-19(17)23-18(15)16(12)20-22(2)9-10-24-20/h5-13H,1-4H3;2*4-13H,1-3H3;4-12,14H,1-3H3;3-11H,1-2H3/q3*+1;;+1/t;;;14-;/m...0./s1/i2D3;;;;. The SMILES string of the molecule is Cc1cc[n+](C)c(-c2c(C)ccc3c2oc2ncc4ccccc4c23)c1.Cc1ccc2c(oc3nc(C)c4ccccc4c32)c1-c1cccc[n+]1C.Cc1ccc2c(oc3ncc4ccccc4c32)c1-c1scc[n+]1C.Cc1ccc2c(oc3ncc4ccccc4c32)c1N1C=CN(C)[C@@H]1C.[2H]C([2H])([2H])c1cc(C)c(-c2cccc[n+]2C)c2oc3nc(C)c4ccccc4c3c12. The molecule has 0 saturated carbocycles. The minimum Gasteiger partial charge on any atom is -0.437 e. The van der Waals surface area contributed by atoms with Crippen LogP contribution in [0.1, 0.15) is 61.4 Å². The minimum absolute atomic E-state index is 0.252. The average molecular weight is 1700 g/mol. The Morgan fingerprint density at radius 1 is 0.336 bits per heavy atom. The molecule has 624 valence electrons. The van der Waals surface area contributed by atoms with Crippen molar-refractivity contribution in [3.05, 3.63) is 336 Å². The van der Waals surface area contributed by atoms with Crippen LogP contribution in [-0.4, -0.2) is 43.0 Å². The lowest BCUT2D eigenvalue weighted by molar-refractivity contribution is -0.660. The number of hydrogen-bond acceptors (Lipinski definition) is 13. The van der Waals surface area contributed by atoms with Gasteiger partial charge in [0.25, 0.3) is 5.01 Å². The Morgan fingerprint density at radius 2 is 0.742 bits per heavy atom. The van der Waals surface area contributed by atoms with Crippen molar-refractivity contribution in [3.63, 3.8) is 0 Å². The van der Waals surface area contributed by atoms with Crippen LogP contribution in [0.5, 0.6) is 0 Å². The molecule has 1 atom stereocenters. The summed E-state index contributed by atoms with van der Waals surface area (Å²) in [5.41, 5.74) is 25.2. The Labute approximate surface area is 746 Å². The van der Waals surface area contributed by atoms with E-state index in [2.05, 4.69) is 296 Å². The second-order valence-corrected chi connectivity index (χ2v) is 34.6. The van der Waals surface area contributed by atoms with E-state index >= 15 is 0 Å². The van der Waals surface area contributed by atoms with Crippen LogP contribution >= 0.6 is 11.3 Å². The first-order chi connectivity index (χ1) is 63.4. The van der Waals surface area contributed by atoms with Crippen molar-refractivity contribution in [1.82, 2.24) is 29.8 Å². The highest BCUT2D eigenvalue weighted by Gasteiger charge is 2.31. The van der Waals surface area contributed by atoms with E-state index in [0.29, 0.717) is 45.1 Å². The second-order valence-electron chi connectivity index (χ2n) is 33.7. The lowest BCUT2D eigenvalue weighted by atomic mass is 9.95. The van der Waals surface area contributed by atoms with Gasteiger partial charge in [-0.3, -0.25) is 0 Å². The molecule has 0 radical (unpaired) electrons. The number of benzene rings is 10. The van der Waals surface area contributed by atoms with Crippen molar-refractivity contribution in [3.8, 4) is 44.3 Å². The van der Waals surface area contributed by atoms with Crippen LogP contribution in [0, 0.1) is 62.2 Å². The molecule has 10 aromatic carbocycles. The first-order valence-corrected chi connectivity index (χ1v) is 43.9. The molecule has 0 saturated heterocycles. The van der Waals surface area contributed by atoms with Crippen molar-refractivity contribution in [2.24, 2.45) is 28.2 Å². The van der Waals surface area contributed by atoms with Gasteiger partial charge in [-0.1, -0.05) is 181 Å². The third-order valence-corrected chi connectivity index (χ3v) is 26.5. The van der Waals surface area contributed by atoms with Gasteiger partial charge < -0.3 is 31.9 Å². The second kappa shape index (κ2) is 31.7. The number of thiazole rings is 1. The van der Waals surface area contributed by atoms with Gasteiger partial charge in [0.2, 0.25) is 45.6 Å². The molecule has 128 heavy (non-hydrogen) atoms. The maximum Gasteiger partial charge on any atom is 0.272 e. The van der Waals surface area contributed by atoms with Crippen LogP contribution in [-0.2, 0) is 28.2 Å².